The number of amides is 1. The number of carbonyl (C=O) groups excluding carboxylic acids is 2. The highest BCUT2D eigenvalue weighted by molar-refractivity contribution is 6.00. The number of anilines is 1. The van der Waals surface area contributed by atoms with Gasteiger partial charge < -0.3 is 5.11 Å². The van der Waals surface area contributed by atoms with E-state index in [1.807, 2.05) is 30.3 Å². The number of pyridine rings is 1. The van der Waals surface area contributed by atoms with Gasteiger partial charge in [0.25, 0.3) is 0 Å². The first kappa shape index (κ1) is 16.0. The van der Waals surface area contributed by atoms with Crippen LogP contribution in [0.2, 0.25) is 0 Å². The smallest absolute Gasteiger partial charge is 0.234 e. The van der Waals surface area contributed by atoms with Crippen molar-refractivity contribution < 1.29 is 14.7 Å². The average Bonchev–Trinajstić information content (AvgIpc) is 2.97. The summed E-state index contributed by atoms with van der Waals surface area (Å²) in [4.78, 5) is 31.0. The zero-order valence-corrected chi connectivity index (χ0v) is 13.9. The third-order valence-electron chi connectivity index (χ3n) is 5.51. The number of aromatic nitrogens is 1. The quantitative estimate of drug-likeness (QED) is 0.872. The van der Waals surface area contributed by atoms with Crippen molar-refractivity contribution in [1.29, 1.82) is 0 Å². The van der Waals surface area contributed by atoms with Gasteiger partial charge in [0.1, 0.15) is 12.4 Å². The van der Waals surface area contributed by atoms with Crippen LogP contribution in [0.1, 0.15) is 34.3 Å². The topological polar surface area (TPSA) is 70.5 Å². The molecule has 2 aliphatic rings. The Morgan fingerprint density at radius 1 is 1.20 bits per heavy atom. The molecule has 2 heterocycles. The lowest BCUT2D eigenvalue weighted by atomic mass is 9.70. The average molecular weight is 336 g/mol. The van der Waals surface area contributed by atoms with Crippen LogP contribution in [0.25, 0.3) is 0 Å². The van der Waals surface area contributed by atoms with Crippen LogP contribution in [0.5, 0.6) is 0 Å². The molecule has 1 aliphatic heterocycles. The van der Waals surface area contributed by atoms with Crippen molar-refractivity contribution in [3.63, 3.8) is 0 Å². The van der Waals surface area contributed by atoms with Gasteiger partial charge in [0, 0.05) is 18.3 Å². The summed E-state index contributed by atoms with van der Waals surface area (Å²) < 4.78 is 0. The Bertz CT molecular complexity index is 834. The lowest BCUT2D eigenvalue weighted by Gasteiger charge is -2.33. The van der Waals surface area contributed by atoms with Gasteiger partial charge in [-0.1, -0.05) is 18.2 Å². The minimum atomic E-state index is -0.490. The lowest BCUT2D eigenvalue weighted by Crippen LogP contribution is -2.39. The zero-order valence-electron chi connectivity index (χ0n) is 13.9. The Hall–Kier alpha value is -2.53. The number of ketones is 1. The van der Waals surface area contributed by atoms with E-state index in [9.17, 15) is 9.59 Å². The molecule has 1 fully saturated rings. The fraction of sp³-hybridized carbons (Fsp3) is 0.350. The third kappa shape index (κ3) is 2.65. The first-order chi connectivity index (χ1) is 12.1. The van der Waals surface area contributed by atoms with Crippen LogP contribution < -0.4 is 4.90 Å². The summed E-state index contributed by atoms with van der Waals surface area (Å²) in [5.74, 6) is 0.561. The van der Waals surface area contributed by atoms with Crippen molar-refractivity contribution in [1.82, 2.24) is 4.98 Å². The zero-order chi connectivity index (χ0) is 17.4. The molecule has 0 saturated carbocycles. The van der Waals surface area contributed by atoms with Crippen LogP contribution in [0, 0.1) is 5.41 Å². The molecule has 2 aromatic rings. The van der Waals surface area contributed by atoms with Crippen molar-refractivity contribution in [2.24, 2.45) is 5.41 Å². The molecule has 1 spiro atoms. The molecular weight excluding hydrogens is 316 g/mol. The number of aryl methyl sites for hydroxylation is 1. The molecule has 1 aromatic carbocycles. The summed E-state index contributed by atoms with van der Waals surface area (Å²) >= 11 is 0. The number of aliphatic hydroxyl groups excluding tert-OH is 1. The number of hydrogen-bond donors (Lipinski definition) is 1. The second-order valence-corrected chi connectivity index (χ2v) is 6.92. The summed E-state index contributed by atoms with van der Waals surface area (Å²) in [5.41, 5.74) is 2.38. The van der Waals surface area contributed by atoms with E-state index in [1.54, 1.807) is 17.2 Å². The fourth-order valence-electron chi connectivity index (χ4n) is 4.07. The maximum absolute atomic E-state index is 13.1. The Morgan fingerprint density at radius 3 is 2.84 bits per heavy atom. The van der Waals surface area contributed by atoms with Crippen LogP contribution in [-0.4, -0.2) is 34.9 Å². The van der Waals surface area contributed by atoms with Gasteiger partial charge in [-0.15, -0.1) is 0 Å². The van der Waals surface area contributed by atoms with Crippen LogP contribution in [-0.2, 0) is 17.6 Å². The van der Waals surface area contributed by atoms with E-state index >= 15 is 0 Å². The lowest BCUT2D eigenvalue weighted by molar-refractivity contribution is -0.126. The number of aliphatic hydroxyl groups is 1. The Labute approximate surface area is 146 Å². The minimum absolute atomic E-state index is 0.135. The highest BCUT2D eigenvalue weighted by atomic mass is 16.3. The SMILES string of the molecule is O=C(CO)c1ccc2c(c1)C[C@@]1(CC2)CCN(c2ccccn2)C1=O. The Morgan fingerprint density at radius 2 is 2.08 bits per heavy atom. The molecule has 5 nitrogen and oxygen atoms in total. The maximum Gasteiger partial charge on any atom is 0.234 e. The minimum Gasteiger partial charge on any atom is -0.388 e. The van der Waals surface area contributed by atoms with Gasteiger partial charge in [0.2, 0.25) is 5.91 Å². The van der Waals surface area contributed by atoms with Gasteiger partial charge in [0.05, 0.1) is 5.41 Å². The van der Waals surface area contributed by atoms with Gasteiger partial charge in [-0.3, -0.25) is 14.5 Å². The molecule has 4 rings (SSSR count). The van der Waals surface area contributed by atoms with Gasteiger partial charge in [-0.2, -0.15) is 0 Å². The molecule has 1 amide bonds. The predicted octanol–water partition coefficient (Wildman–Crippen LogP) is 2.17. The van der Waals surface area contributed by atoms with E-state index in [0.717, 1.165) is 24.8 Å². The van der Waals surface area contributed by atoms with E-state index < -0.39 is 12.0 Å². The second kappa shape index (κ2) is 6.08. The third-order valence-corrected chi connectivity index (χ3v) is 5.51. The van der Waals surface area contributed by atoms with E-state index in [1.165, 1.54) is 5.56 Å². The van der Waals surface area contributed by atoms with Crippen LogP contribution in [0.3, 0.4) is 0 Å². The number of carbonyl (C=O) groups is 2. The molecule has 1 atom stereocenters. The van der Waals surface area contributed by atoms with Gasteiger partial charge in [0.15, 0.2) is 5.78 Å². The van der Waals surface area contributed by atoms with Crippen molar-refractivity contribution in [3.05, 3.63) is 59.3 Å². The van der Waals surface area contributed by atoms with Gasteiger partial charge >= 0.3 is 0 Å². The molecule has 1 N–H and O–H groups in total. The molecule has 1 aromatic heterocycles. The summed E-state index contributed by atoms with van der Waals surface area (Å²) in [5, 5.41) is 9.08. The number of fused-ring (bicyclic) bond motifs is 1. The molecule has 128 valence electrons. The van der Waals surface area contributed by atoms with Gasteiger partial charge in [-0.25, -0.2) is 4.98 Å². The molecular formula is C20H20N2O3. The van der Waals surface area contributed by atoms with E-state index in [0.29, 0.717) is 24.3 Å². The molecule has 0 bridgehead atoms. The largest absolute Gasteiger partial charge is 0.388 e. The number of rotatable bonds is 3. The van der Waals surface area contributed by atoms with Crippen LogP contribution in [0.15, 0.2) is 42.6 Å². The Balaban J connectivity index is 1.63. The molecule has 0 unspecified atom stereocenters. The second-order valence-electron chi connectivity index (χ2n) is 6.92. The first-order valence-corrected chi connectivity index (χ1v) is 8.62. The first-order valence-electron chi connectivity index (χ1n) is 8.62. The maximum atomic E-state index is 13.1. The summed E-state index contributed by atoms with van der Waals surface area (Å²) in [7, 11) is 0. The van der Waals surface area contributed by atoms with E-state index in [2.05, 4.69) is 4.98 Å². The van der Waals surface area contributed by atoms with Gasteiger partial charge in [-0.05, 0) is 55.0 Å². The standard InChI is InChI=1S/C20H20N2O3/c23-13-17(24)15-5-4-14-6-7-20(12-16(14)11-15)8-10-22(19(20)25)18-3-1-2-9-21-18/h1-5,9,11,23H,6-8,10,12-13H2/t20-/m1/s1. The van der Waals surface area contributed by atoms with Crippen LogP contribution >= 0.6 is 0 Å². The Kier molecular flexibility index (Phi) is 3.88. The summed E-state index contributed by atoms with van der Waals surface area (Å²) in [6, 6.07) is 11.2. The number of hydrogen-bond acceptors (Lipinski definition) is 4. The number of Topliss-reactive ketones (excluding diaryl/α,β-unsaturated/α-hetero) is 1. The van der Waals surface area contributed by atoms with Crippen molar-refractivity contribution in [2.45, 2.75) is 25.7 Å². The molecule has 0 radical (unpaired) electrons. The monoisotopic (exact) mass is 336 g/mol. The highest BCUT2D eigenvalue weighted by Gasteiger charge is 2.48. The summed E-state index contributed by atoms with van der Waals surface area (Å²) in [6.07, 6.45) is 4.83. The molecule has 1 aliphatic carbocycles. The molecule has 1 saturated heterocycles. The van der Waals surface area contributed by atoms with Crippen LogP contribution in [0.4, 0.5) is 5.82 Å². The van der Waals surface area contributed by atoms with E-state index in [-0.39, 0.29) is 11.7 Å². The molecule has 5 heteroatoms. The normalized spacial score (nSPS) is 22.3. The number of benzene rings is 1. The fourth-order valence-corrected chi connectivity index (χ4v) is 4.07. The highest BCUT2D eigenvalue weighted by Crippen LogP contribution is 2.44. The molecule has 25 heavy (non-hydrogen) atoms. The van der Waals surface area contributed by atoms with Crippen molar-refractivity contribution >= 4 is 17.5 Å². The van der Waals surface area contributed by atoms with E-state index in [4.69, 9.17) is 5.11 Å². The van der Waals surface area contributed by atoms with Crippen molar-refractivity contribution in [3.8, 4) is 0 Å². The van der Waals surface area contributed by atoms with Crippen molar-refractivity contribution in [2.75, 3.05) is 18.1 Å². The summed E-state index contributed by atoms with van der Waals surface area (Å²) in [6.45, 7) is 0.191. The predicted molar refractivity (Wildman–Crippen MR) is 93.5 cm³/mol. The number of nitrogens with zero attached hydrogens (tertiary/aromatic N) is 2.